The summed E-state index contributed by atoms with van der Waals surface area (Å²) < 4.78 is 32.0. The number of para-hydroxylation sites is 1. The molecular weight excluding hydrogens is 502 g/mol. The molecule has 0 aliphatic carbocycles. The molecule has 6 rings (SSSR count). The van der Waals surface area contributed by atoms with Crippen LogP contribution in [-0.4, -0.2) is 48.6 Å². The van der Waals surface area contributed by atoms with E-state index in [1.807, 2.05) is 6.07 Å². The topological polar surface area (TPSA) is 122 Å². The van der Waals surface area contributed by atoms with E-state index in [-0.39, 0.29) is 17.4 Å². The van der Waals surface area contributed by atoms with Crippen molar-refractivity contribution in [2.75, 3.05) is 18.0 Å². The fraction of sp³-hybridized carbons (Fsp3) is 0.214. The normalized spacial score (nSPS) is 14.2. The fourth-order valence-electron chi connectivity index (χ4n) is 5.20. The molecule has 2 aromatic carbocycles. The Morgan fingerprint density at radius 1 is 1.05 bits per heavy atom. The molecule has 5 aromatic rings. The lowest BCUT2D eigenvalue weighted by molar-refractivity contribution is 0.475. The van der Waals surface area contributed by atoms with Crippen LogP contribution in [0.2, 0.25) is 0 Å². The molecule has 9 nitrogen and oxygen atoms in total. The molecule has 0 atom stereocenters. The van der Waals surface area contributed by atoms with Crippen molar-refractivity contribution in [2.24, 2.45) is 12.8 Å². The number of phenols is 1. The van der Waals surface area contributed by atoms with Gasteiger partial charge in [0.2, 0.25) is 0 Å². The van der Waals surface area contributed by atoms with Crippen LogP contribution in [0, 0.1) is 23.0 Å². The number of phenolic OH excluding ortho intramolecular Hbond substituents is 1. The van der Waals surface area contributed by atoms with Crippen molar-refractivity contribution < 1.29 is 13.9 Å². The summed E-state index contributed by atoms with van der Waals surface area (Å²) in [6, 6.07) is 10.4. The number of nitrogens with zero attached hydrogens (tertiary/aromatic N) is 7. The van der Waals surface area contributed by atoms with Gasteiger partial charge in [-0.1, -0.05) is 12.1 Å². The molecule has 0 bridgehead atoms. The Kier molecular flexibility index (Phi) is 5.96. The number of aromatic hydroxyl groups is 1. The quantitative estimate of drug-likeness (QED) is 0.359. The predicted octanol–water partition coefficient (Wildman–Crippen LogP) is 4.27. The first-order valence-corrected chi connectivity index (χ1v) is 12.4. The zero-order valence-electron chi connectivity index (χ0n) is 21.0. The van der Waals surface area contributed by atoms with Crippen molar-refractivity contribution >= 4 is 16.7 Å². The summed E-state index contributed by atoms with van der Waals surface area (Å²) >= 11 is 0. The molecule has 4 heterocycles. The van der Waals surface area contributed by atoms with Crippen LogP contribution in [-0.2, 0) is 7.05 Å². The van der Waals surface area contributed by atoms with E-state index in [1.165, 1.54) is 18.2 Å². The van der Waals surface area contributed by atoms with Crippen molar-refractivity contribution in [1.29, 1.82) is 5.26 Å². The maximum absolute atomic E-state index is 14.4. The molecule has 0 spiro atoms. The van der Waals surface area contributed by atoms with Gasteiger partial charge in [0.25, 0.3) is 5.95 Å². The second kappa shape index (κ2) is 9.49. The van der Waals surface area contributed by atoms with Gasteiger partial charge in [-0.2, -0.15) is 10.2 Å². The maximum atomic E-state index is 14.4. The summed E-state index contributed by atoms with van der Waals surface area (Å²) in [6.45, 7) is 1.23. The van der Waals surface area contributed by atoms with E-state index in [1.54, 1.807) is 47.2 Å². The van der Waals surface area contributed by atoms with Crippen molar-refractivity contribution in [3.05, 3.63) is 72.3 Å². The average molecular weight is 527 g/mol. The average Bonchev–Trinajstić information content (AvgIpc) is 3.52. The van der Waals surface area contributed by atoms with Gasteiger partial charge in [0.05, 0.1) is 16.6 Å². The fourth-order valence-corrected chi connectivity index (χ4v) is 5.20. The highest BCUT2D eigenvalue weighted by molar-refractivity contribution is 6.09. The van der Waals surface area contributed by atoms with E-state index < -0.39 is 11.6 Å². The van der Waals surface area contributed by atoms with Gasteiger partial charge in [0, 0.05) is 61.3 Å². The Hall–Kier alpha value is -4.82. The van der Waals surface area contributed by atoms with Gasteiger partial charge in [-0.25, -0.2) is 13.8 Å². The number of hydrogen-bond acceptors (Lipinski definition) is 7. The number of nitrogens with two attached hydrogens (primary N) is 1. The molecule has 1 saturated heterocycles. The molecule has 3 aromatic heterocycles. The molecule has 196 valence electrons. The van der Waals surface area contributed by atoms with E-state index in [4.69, 9.17) is 10.7 Å². The minimum atomic E-state index is -0.702. The van der Waals surface area contributed by atoms with Crippen molar-refractivity contribution in [2.45, 2.75) is 18.9 Å². The third-order valence-electron chi connectivity index (χ3n) is 7.07. The van der Waals surface area contributed by atoms with Crippen molar-refractivity contribution in [3.63, 3.8) is 0 Å². The smallest absolute Gasteiger partial charge is 0.254 e. The molecule has 3 N–H and O–H groups in total. The minimum Gasteiger partial charge on any atom is -0.506 e. The van der Waals surface area contributed by atoms with E-state index in [0.29, 0.717) is 58.0 Å². The lowest BCUT2D eigenvalue weighted by atomic mass is 9.95. The Balaban J connectivity index is 1.73. The van der Waals surface area contributed by atoms with E-state index in [2.05, 4.69) is 15.0 Å². The Labute approximate surface area is 222 Å². The third-order valence-corrected chi connectivity index (χ3v) is 7.07. The maximum Gasteiger partial charge on any atom is 0.254 e. The van der Waals surface area contributed by atoms with Crippen LogP contribution in [0.25, 0.3) is 39.2 Å². The number of fused-ring (bicyclic) bond motifs is 1. The highest BCUT2D eigenvalue weighted by atomic mass is 19.1. The number of rotatable bonds is 4. The van der Waals surface area contributed by atoms with Crippen molar-refractivity contribution in [1.82, 2.24) is 24.3 Å². The number of anilines is 1. The monoisotopic (exact) mass is 526 g/mol. The Bertz CT molecular complexity index is 1740. The van der Waals surface area contributed by atoms with E-state index >= 15 is 0 Å². The molecule has 0 amide bonds. The van der Waals surface area contributed by atoms with Crippen LogP contribution in [0.5, 0.6) is 5.75 Å². The number of pyridine rings is 1. The number of nitriles is 1. The molecular formula is C28H24F2N8O. The SMILES string of the molecule is Cn1cnc(-n2cc(-c3cccc(C#N)c3O)c3c(N4CCC(N)CC4)c(-c4cc(F)cc(F)c4)cnc32)n1. The van der Waals surface area contributed by atoms with Gasteiger partial charge in [-0.3, -0.25) is 9.25 Å². The number of hydrogen-bond donors (Lipinski definition) is 2. The number of benzene rings is 2. The third kappa shape index (κ3) is 4.24. The predicted molar refractivity (Wildman–Crippen MR) is 142 cm³/mol. The van der Waals surface area contributed by atoms with Gasteiger partial charge in [0.15, 0.2) is 0 Å². The van der Waals surface area contributed by atoms with Crippen LogP contribution in [0.4, 0.5) is 14.5 Å². The lowest BCUT2D eigenvalue weighted by Gasteiger charge is -2.34. The lowest BCUT2D eigenvalue weighted by Crippen LogP contribution is -2.40. The molecule has 0 unspecified atom stereocenters. The van der Waals surface area contributed by atoms with Crippen LogP contribution < -0.4 is 10.6 Å². The first kappa shape index (κ1) is 24.5. The van der Waals surface area contributed by atoms with Gasteiger partial charge < -0.3 is 15.7 Å². The summed E-state index contributed by atoms with van der Waals surface area (Å²) in [7, 11) is 1.75. The van der Waals surface area contributed by atoms with Crippen LogP contribution in [0.3, 0.4) is 0 Å². The molecule has 1 aliphatic heterocycles. The molecule has 0 radical (unpaired) electrons. The van der Waals surface area contributed by atoms with Crippen molar-refractivity contribution in [3.8, 4) is 40.0 Å². The second-order valence-corrected chi connectivity index (χ2v) is 9.65. The highest BCUT2D eigenvalue weighted by Gasteiger charge is 2.28. The van der Waals surface area contributed by atoms with Crippen LogP contribution >= 0.6 is 0 Å². The van der Waals surface area contributed by atoms with E-state index in [9.17, 15) is 19.1 Å². The first-order valence-electron chi connectivity index (χ1n) is 12.4. The van der Waals surface area contributed by atoms with Crippen LogP contribution in [0.1, 0.15) is 18.4 Å². The minimum absolute atomic E-state index is 0.0479. The van der Waals surface area contributed by atoms with Gasteiger partial charge in [-0.05, 0) is 36.6 Å². The number of halogens is 2. The molecule has 11 heteroatoms. The summed E-state index contributed by atoms with van der Waals surface area (Å²) in [6.07, 6.45) is 6.38. The summed E-state index contributed by atoms with van der Waals surface area (Å²) in [5, 5.41) is 25.7. The van der Waals surface area contributed by atoms with Gasteiger partial charge >= 0.3 is 0 Å². The molecule has 39 heavy (non-hydrogen) atoms. The zero-order valence-corrected chi connectivity index (χ0v) is 21.0. The van der Waals surface area contributed by atoms with Crippen LogP contribution in [0.15, 0.2) is 55.1 Å². The standard InChI is InChI=1S/C28H24F2N8O/c1-36-15-34-28(35-36)38-14-23(21-4-2-3-16(12-31)26(21)39)24-25(37-7-5-20(32)6-8-37)22(13-33-27(24)38)17-9-18(29)11-19(30)10-17/h2-4,9-11,13-15,20,39H,5-8,32H2,1H3. The molecule has 0 saturated carbocycles. The highest BCUT2D eigenvalue weighted by Crippen LogP contribution is 2.46. The van der Waals surface area contributed by atoms with Gasteiger partial charge in [0.1, 0.15) is 35.4 Å². The summed E-state index contributed by atoms with van der Waals surface area (Å²) in [5.41, 5.74) is 9.35. The largest absolute Gasteiger partial charge is 0.506 e. The zero-order chi connectivity index (χ0) is 27.3. The van der Waals surface area contributed by atoms with E-state index in [0.717, 1.165) is 18.9 Å². The Morgan fingerprint density at radius 2 is 1.79 bits per heavy atom. The summed E-state index contributed by atoms with van der Waals surface area (Å²) in [5.74, 6) is -1.23. The molecule has 1 fully saturated rings. The number of aryl methyl sites for hydroxylation is 1. The number of aromatic nitrogens is 5. The first-order chi connectivity index (χ1) is 18.8. The second-order valence-electron chi connectivity index (χ2n) is 9.65. The number of piperidine rings is 1. The van der Waals surface area contributed by atoms with Gasteiger partial charge in [-0.15, -0.1) is 5.10 Å². The molecule has 1 aliphatic rings. The summed E-state index contributed by atoms with van der Waals surface area (Å²) in [4.78, 5) is 11.2. The Morgan fingerprint density at radius 3 is 2.46 bits per heavy atom.